The second kappa shape index (κ2) is 10.9. The Labute approximate surface area is 199 Å². The van der Waals surface area contributed by atoms with E-state index in [1.807, 2.05) is 35.1 Å². The van der Waals surface area contributed by atoms with Crippen molar-refractivity contribution in [2.75, 3.05) is 5.32 Å². The summed E-state index contributed by atoms with van der Waals surface area (Å²) in [4.78, 5) is 24.7. The molecule has 0 heterocycles. The van der Waals surface area contributed by atoms with E-state index < -0.39 is 21.8 Å². The summed E-state index contributed by atoms with van der Waals surface area (Å²) in [5.41, 5.74) is 2.39. The number of rotatable bonds is 7. The van der Waals surface area contributed by atoms with Crippen molar-refractivity contribution >= 4 is 27.5 Å². The third-order valence-corrected chi connectivity index (χ3v) is 6.14. The molecule has 0 fully saturated rings. The van der Waals surface area contributed by atoms with Crippen LogP contribution in [-0.4, -0.2) is 20.2 Å². The average molecular weight is 471 g/mol. The highest BCUT2D eigenvalue weighted by Crippen LogP contribution is 2.25. The van der Waals surface area contributed by atoms with Crippen molar-refractivity contribution in [3.05, 3.63) is 108 Å². The van der Waals surface area contributed by atoms with Crippen LogP contribution in [0.3, 0.4) is 0 Å². The molecule has 6 nitrogen and oxygen atoms in total. The van der Waals surface area contributed by atoms with Crippen LogP contribution in [0, 0.1) is 12.3 Å². The summed E-state index contributed by atoms with van der Waals surface area (Å²) in [6.07, 6.45) is 11.4. The number of hydrogen-bond acceptors (Lipinski definition) is 4. The molecule has 0 aliphatic heterocycles. The SMILES string of the molecule is C#Cc1cc(-c2ccccc2)ccc1C(=O)Nc1ccccc1S(=O)(=O)NC(=O)C=CC=CC. The number of amides is 2. The molecule has 0 spiro atoms. The van der Waals surface area contributed by atoms with Crippen LogP contribution >= 0.6 is 0 Å². The number of allylic oxidation sites excluding steroid dienone is 3. The van der Waals surface area contributed by atoms with Gasteiger partial charge in [-0.15, -0.1) is 6.42 Å². The molecule has 0 unspecified atom stereocenters. The van der Waals surface area contributed by atoms with Crippen LogP contribution in [-0.2, 0) is 14.8 Å². The maximum Gasteiger partial charge on any atom is 0.266 e. The first-order valence-electron chi connectivity index (χ1n) is 10.3. The number of nitrogens with one attached hydrogen (secondary N) is 2. The minimum atomic E-state index is -4.24. The lowest BCUT2D eigenvalue weighted by Gasteiger charge is -2.13. The van der Waals surface area contributed by atoms with Gasteiger partial charge in [0.2, 0.25) is 0 Å². The first-order chi connectivity index (χ1) is 16.4. The molecule has 0 saturated heterocycles. The van der Waals surface area contributed by atoms with E-state index in [4.69, 9.17) is 6.42 Å². The molecule has 170 valence electrons. The third-order valence-electron chi connectivity index (χ3n) is 4.74. The molecular weight excluding hydrogens is 448 g/mol. The van der Waals surface area contributed by atoms with Crippen molar-refractivity contribution in [2.24, 2.45) is 0 Å². The predicted octanol–water partition coefficient (Wildman–Crippen LogP) is 4.52. The summed E-state index contributed by atoms with van der Waals surface area (Å²) >= 11 is 0. The molecule has 0 saturated carbocycles. The second-order valence-electron chi connectivity index (χ2n) is 7.08. The van der Waals surface area contributed by atoms with Crippen molar-refractivity contribution in [3.8, 4) is 23.5 Å². The van der Waals surface area contributed by atoms with Gasteiger partial charge in [0.15, 0.2) is 0 Å². The van der Waals surface area contributed by atoms with Gasteiger partial charge in [-0.3, -0.25) is 9.59 Å². The normalized spacial score (nSPS) is 11.3. The van der Waals surface area contributed by atoms with Gasteiger partial charge in [0.1, 0.15) is 4.90 Å². The van der Waals surface area contributed by atoms with Crippen molar-refractivity contribution in [3.63, 3.8) is 0 Å². The molecule has 0 aliphatic carbocycles. The first kappa shape index (κ1) is 24.2. The van der Waals surface area contributed by atoms with Crippen molar-refractivity contribution in [2.45, 2.75) is 11.8 Å². The Hall–Kier alpha value is -4.41. The van der Waals surface area contributed by atoms with E-state index in [-0.39, 0.29) is 16.1 Å². The highest BCUT2D eigenvalue weighted by molar-refractivity contribution is 7.90. The number of hydrogen-bond donors (Lipinski definition) is 2. The minimum absolute atomic E-state index is 0.0142. The van der Waals surface area contributed by atoms with Gasteiger partial charge in [0.25, 0.3) is 21.8 Å². The summed E-state index contributed by atoms with van der Waals surface area (Å²) in [6, 6.07) is 20.4. The van der Waals surface area contributed by atoms with Gasteiger partial charge in [-0.2, -0.15) is 0 Å². The van der Waals surface area contributed by atoms with E-state index in [1.54, 1.807) is 43.3 Å². The maximum atomic E-state index is 13.0. The van der Waals surface area contributed by atoms with Crippen molar-refractivity contribution in [1.29, 1.82) is 0 Å². The van der Waals surface area contributed by atoms with Gasteiger partial charge in [-0.25, -0.2) is 13.1 Å². The zero-order valence-corrected chi connectivity index (χ0v) is 19.2. The summed E-state index contributed by atoms with van der Waals surface area (Å²) in [7, 11) is -4.24. The maximum absolute atomic E-state index is 13.0. The molecule has 0 atom stereocenters. The molecule has 0 bridgehead atoms. The van der Waals surface area contributed by atoms with Crippen molar-refractivity contribution < 1.29 is 18.0 Å². The topological polar surface area (TPSA) is 92.3 Å². The van der Waals surface area contributed by atoms with Crippen molar-refractivity contribution in [1.82, 2.24) is 4.72 Å². The van der Waals surface area contributed by atoms with Crippen LogP contribution in [0.25, 0.3) is 11.1 Å². The van der Waals surface area contributed by atoms with E-state index in [9.17, 15) is 18.0 Å². The Morgan fingerprint density at radius 2 is 1.62 bits per heavy atom. The molecule has 34 heavy (non-hydrogen) atoms. The highest BCUT2D eigenvalue weighted by Gasteiger charge is 2.22. The molecule has 3 rings (SSSR count). The van der Waals surface area contributed by atoms with Gasteiger partial charge < -0.3 is 5.32 Å². The van der Waals surface area contributed by atoms with Crippen LogP contribution < -0.4 is 10.0 Å². The predicted molar refractivity (Wildman–Crippen MR) is 133 cm³/mol. The zero-order valence-electron chi connectivity index (χ0n) is 18.4. The van der Waals surface area contributed by atoms with Gasteiger partial charge in [-0.05, 0) is 42.3 Å². The molecule has 2 N–H and O–H groups in total. The van der Waals surface area contributed by atoms with Gasteiger partial charge in [0, 0.05) is 11.6 Å². The third kappa shape index (κ3) is 5.88. The summed E-state index contributed by atoms with van der Waals surface area (Å²) in [6.45, 7) is 1.76. The molecule has 3 aromatic rings. The monoisotopic (exact) mass is 470 g/mol. The lowest BCUT2D eigenvalue weighted by Crippen LogP contribution is -2.30. The second-order valence-corrected chi connectivity index (χ2v) is 8.73. The van der Waals surface area contributed by atoms with Crippen LogP contribution in [0.4, 0.5) is 5.69 Å². The Kier molecular flexibility index (Phi) is 7.80. The number of carbonyl (C=O) groups excluding carboxylic acids is 2. The van der Waals surface area contributed by atoms with Gasteiger partial charge in [0.05, 0.1) is 11.3 Å². The zero-order chi connectivity index (χ0) is 24.6. The number of sulfonamides is 1. The Morgan fingerprint density at radius 3 is 2.32 bits per heavy atom. The molecular formula is C27H22N2O4S. The van der Waals surface area contributed by atoms with Crippen LogP contribution in [0.2, 0.25) is 0 Å². The molecule has 2 amide bonds. The molecule has 0 aromatic heterocycles. The van der Waals surface area contributed by atoms with E-state index in [1.165, 1.54) is 24.3 Å². The van der Waals surface area contributed by atoms with Crippen LogP contribution in [0.1, 0.15) is 22.8 Å². The fraction of sp³-hybridized carbons (Fsp3) is 0.0370. The lowest BCUT2D eigenvalue weighted by molar-refractivity contribution is -0.114. The van der Waals surface area contributed by atoms with E-state index >= 15 is 0 Å². The van der Waals surface area contributed by atoms with Gasteiger partial charge >= 0.3 is 0 Å². The standard InChI is InChI=1S/C27H22N2O4S/c1-3-5-7-16-26(30)29-34(32,33)25-15-11-10-14-24(25)28-27(31)23-18-17-22(19-20(23)4-2)21-12-8-6-9-13-21/h2-3,5-19H,1H3,(H,28,31)(H,29,30). The van der Waals surface area contributed by atoms with E-state index in [0.717, 1.165) is 17.2 Å². The Bertz CT molecular complexity index is 1420. The smallest absolute Gasteiger partial charge is 0.266 e. The Balaban J connectivity index is 1.88. The minimum Gasteiger partial charge on any atom is -0.321 e. The quantitative estimate of drug-likeness (QED) is 0.302. The number of anilines is 1. The largest absolute Gasteiger partial charge is 0.321 e. The van der Waals surface area contributed by atoms with Crippen LogP contribution in [0.15, 0.2) is 102 Å². The summed E-state index contributed by atoms with van der Waals surface area (Å²) in [5.74, 6) is 1.13. The number of terminal acetylenes is 1. The highest BCUT2D eigenvalue weighted by atomic mass is 32.2. The Morgan fingerprint density at radius 1 is 0.912 bits per heavy atom. The molecule has 0 radical (unpaired) electrons. The van der Waals surface area contributed by atoms with E-state index in [0.29, 0.717) is 5.56 Å². The molecule has 3 aromatic carbocycles. The van der Waals surface area contributed by atoms with Gasteiger partial charge in [-0.1, -0.05) is 72.7 Å². The summed E-state index contributed by atoms with van der Waals surface area (Å²) < 4.78 is 27.5. The number of para-hydroxylation sites is 1. The summed E-state index contributed by atoms with van der Waals surface area (Å²) in [5, 5.41) is 2.60. The molecule has 0 aliphatic rings. The fourth-order valence-electron chi connectivity index (χ4n) is 3.14. The average Bonchev–Trinajstić information content (AvgIpc) is 2.84. The lowest BCUT2D eigenvalue weighted by atomic mass is 9.99. The molecule has 7 heteroatoms. The van der Waals surface area contributed by atoms with Crippen LogP contribution in [0.5, 0.6) is 0 Å². The first-order valence-corrected chi connectivity index (χ1v) is 11.8. The number of carbonyl (C=O) groups is 2. The number of benzene rings is 3. The van der Waals surface area contributed by atoms with E-state index in [2.05, 4.69) is 11.2 Å². The fourth-order valence-corrected chi connectivity index (χ4v) is 4.25.